The van der Waals surface area contributed by atoms with Gasteiger partial charge in [0, 0.05) is 46.0 Å². The lowest BCUT2D eigenvalue weighted by Gasteiger charge is -2.31. The van der Waals surface area contributed by atoms with Crippen molar-refractivity contribution < 1.29 is 9.53 Å². The number of fused-ring (bicyclic) bond motifs is 4. The van der Waals surface area contributed by atoms with E-state index in [2.05, 4.69) is 59.2 Å². The summed E-state index contributed by atoms with van der Waals surface area (Å²) in [5.74, 6) is -0.476. The highest BCUT2D eigenvalue weighted by atomic mass is 16.6. The molecule has 8 rings (SSSR count). The van der Waals surface area contributed by atoms with Gasteiger partial charge in [-0.25, -0.2) is 14.8 Å². The number of pyridine rings is 1. The fourth-order valence-corrected chi connectivity index (χ4v) is 6.68. The van der Waals surface area contributed by atoms with Gasteiger partial charge < -0.3 is 13.7 Å². The number of carbonyl (C=O) groups is 1. The molecule has 0 amide bonds. The molecule has 0 saturated heterocycles. The standard InChI is InChI=1S/C35H26N4O2/c1-3-38-22(2)30(25-16-7-10-19-29(25)38)35(32-31(34(40)41-35)36-27-17-8-9-18-28(27)37-32)33-26(23-13-5-4-6-14-23)21-24-15-11-12-20-39(24)33/h4-21H,3H2,1-2H3. The van der Waals surface area contributed by atoms with Crippen molar-refractivity contribution in [2.75, 3.05) is 0 Å². The fourth-order valence-electron chi connectivity index (χ4n) is 6.68. The number of rotatable bonds is 4. The van der Waals surface area contributed by atoms with Gasteiger partial charge in [0.05, 0.1) is 16.7 Å². The third kappa shape index (κ3) is 3.16. The van der Waals surface area contributed by atoms with Crippen molar-refractivity contribution in [2.24, 2.45) is 0 Å². The molecular weight excluding hydrogens is 508 g/mol. The van der Waals surface area contributed by atoms with Gasteiger partial charge >= 0.3 is 5.97 Å². The van der Waals surface area contributed by atoms with Crippen LogP contribution in [0.15, 0.2) is 109 Å². The molecule has 0 aliphatic carbocycles. The van der Waals surface area contributed by atoms with E-state index in [-0.39, 0.29) is 5.69 Å². The van der Waals surface area contributed by atoms with E-state index in [0.29, 0.717) is 16.7 Å². The molecule has 0 spiro atoms. The highest BCUT2D eigenvalue weighted by Gasteiger charge is 2.56. The molecule has 5 heterocycles. The molecule has 0 radical (unpaired) electrons. The molecule has 0 saturated carbocycles. The van der Waals surface area contributed by atoms with Crippen molar-refractivity contribution in [2.45, 2.75) is 26.0 Å². The number of carbonyl (C=O) groups excluding carboxylic acids is 1. The molecule has 0 N–H and O–H groups in total. The van der Waals surface area contributed by atoms with Gasteiger partial charge in [-0.15, -0.1) is 0 Å². The van der Waals surface area contributed by atoms with Gasteiger partial charge in [0.1, 0.15) is 5.69 Å². The van der Waals surface area contributed by atoms with E-state index in [1.807, 2.05) is 72.9 Å². The average Bonchev–Trinajstić information content (AvgIpc) is 3.64. The van der Waals surface area contributed by atoms with Crippen molar-refractivity contribution in [3.05, 3.63) is 138 Å². The molecule has 0 bridgehead atoms. The van der Waals surface area contributed by atoms with Crippen LogP contribution in [0.2, 0.25) is 0 Å². The molecule has 3 aromatic carbocycles. The van der Waals surface area contributed by atoms with Crippen LogP contribution >= 0.6 is 0 Å². The van der Waals surface area contributed by atoms with Gasteiger partial charge in [-0.1, -0.05) is 66.7 Å². The maximum absolute atomic E-state index is 14.0. The van der Waals surface area contributed by atoms with Gasteiger partial charge in [0.15, 0.2) is 5.69 Å². The van der Waals surface area contributed by atoms with Gasteiger partial charge in [-0.3, -0.25) is 0 Å². The number of cyclic esters (lactones) is 1. The third-order valence-electron chi connectivity index (χ3n) is 8.34. The zero-order chi connectivity index (χ0) is 27.7. The minimum Gasteiger partial charge on any atom is -0.436 e. The minimum atomic E-state index is -1.35. The maximum atomic E-state index is 14.0. The predicted octanol–water partition coefficient (Wildman–Crippen LogP) is 7.29. The molecular formula is C35H26N4O2. The van der Waals surface area contributed by atoms with Gasteiger partial charge in [-0.05, 0) is 55.8 Å². The molecule has 4 aromatic heterocycles. The second kappa shape index (κ2) is 8.63. The summed E-state index contributed by atoms with van der Waals surface area (Å²) >= 11 is 0. The number of benzene rings is 3. The Morgan fingerprint density at radius 1 is 0.829 bits per heavy atom. The largest absolute Gasteiger partial charge is 0.436 e. The number of nitrogens with zero attached hydrogens (tertiary/aromatic N) is 4. The highest BCUT2D eigenvalue weighted by Crippen LogP contribution is 2.53. The van der Waals surface area contributed by atoms with Crippen LogP contribution in [-0.2, 0) is 16.9 Å². The van der Waals surface area contributed by atoms with Gasteiger partial charge in [0.2, 0.25) is 5.60 Å². The summed E-state index contributed by atoms with van der Waals surface area (Å²) in [4.78, 5) is 24.0. The second-order valence-electron chi connectivity index (χ2n) is 10.5. The Labute approximate surface area is 236 Å². The first kappa shape index (κ1) is 23.6. The minimum absolute atomic E-state index is 0.251. The maximum Gasteiger partial charge on any atom is 0.360 e. The predicted molar refractivity (Wildman–Crippen MR) is 160 cm³/mol. The Hall–Kier alpha value is -5.23. The summed E-state index contributed by atoms with van der Waals surface area (Å²) in [6, 6.07) is 34.5. The van der Waals surface area contributed by atoms with Crippen molar-refractivity contribution in [3.63, 3.8) is 0 Å². The Kier molecular flexibility index (Phi) is 4.98. The van der Waals surface area contributed by atoms with E-state index >= 15 is 0 Å². The first-order chi connectivity index (χ1) is 20.1. The van der Waals surface area contributed by atoms with E-state index in [4.69, 9.17) is 14.7 Å². The number of hydrogen-bond acceptors (Lipinski definition) is 4. The molecule has 1 unspecified atom stereocenters. The van der Waals surface area contributed by atoms with Crippen molar-refractivity contribution in [3.8, 4) is 11.1 Å². The summed E-state index contributed by atoms with van der Waals surface area (Å²) in [5.41, 5.74) is 7.64. The number of aryl methyl sites for hydroxylation is 1. The van der Waals surface area contributed by atoms with Crippen LogP contribution in [0, 0.1) is 6.92 Å². The van der Waals surface area contributed by atoms with Crippen molar-refractivity contribution >= 4 is 33.4 Å². The number of ether oxygens (including phenoxy) is 1. The van der Waals surface area contributed by atoms with E-state index < -0.39 is 11.6 Å². The molecule has 6 nitrogen and oxygen atoms in total. The van der Waals surface area contributed by atoms with Crippen LogP contribution in [0.1, 0.15) is 40.1 Å². The number of aromatic nitrogens is 4. The molecule has 0 fully saturated rings. The Balaban J connectivity index is 1.61. The molecule has 198 valence electrons. The summed E-state index contributed by atoms with van der Waals surface area (Å²) in [5, 5.41) is 1.02. The fraction of sp³-hybridized carbons (Fsp3) is 0.114. The molecule has 7 aromatic rings. The number of hydrogen-bond donors (Lipinski definition) is 0. The third-order valence-corrected chi connectivity index (χ3v) is 8.34. The monoisotopic (exact) mass is 534 g/mol. The van der Waals surface area contributed by atoms with E-state index in [9.17, 15) is 4.79 Å². The average molecular weight is 535 g/mol. The summed E-state index contributed by atoms with van der Waals surface area (Å²) in [7, 11) is 0. The highest BCUT2D eigenvalue weighted by molar-refractivity contribution is 5.99. The van der Waals surface area contributed by atoms with Crippen LogP contribution in [0.3, 0.4) is 0 Å². The Morgan fingerprint density at radius 2 is 1.54 bits per heavy atom. The molecule has 1 aliphatic heterocycles. The first-order valence-corrected chi connectivity index (χ1v) is 13.9. The zero-order valence-corrected chi connectivity index (χ0v) is 22.7. The van der Waals surface area contributed by atoms with Crippen LogP contribution < -0.4 is 0 Å². The Morgan fingerprint density at radius 3 is 2.34 bits per heavy atom. The molecule has 41 heavy (non-hydrogen) atoms. The smallest absolute Gasteiger partial charge is 0.360 e. The van der Waals surface area contributed by atoms with Crippen molar-refractivity contribution in [1.82, 2.24) is 18.9 Å². The van der Waals surface area contributed by atoms with Crippen LogP contribution in [0.4, 0.5) is 0 Å². The van der Waals surface area contributed by atoms with Crippen LogP contribution in [-0.4, -0.2) is 24.9 Å². The molecule has 6 heteroatoms. The van der Waals surface area contributed by atoms with E-state index in [1.165, 1.54) is 0 Å². The lowest BCUT2D eigenvalue weighted by molar-refractivity contribution is 0.0230. The van der Waals surface area contributed by atoms with Crippen LogP contribution in [0.25, 0.3) is 38.6 Å². The van der Waals surface area contributed by atoms with Gasteiger partial charge in [0.25, 0.3) is 0 Å². The lowest BCUT2D eigenvalue weighted by Crippen LogP contribution is -2.33. The molecule has 1 atom stereocenters. The van der Waals surface area contributed by atoms with Crippen molar-refractivity contribution in [1.29, 1.82) is 0 Å². The summed E-state index contributed by atoms with van der Waals surface area (Å²) in [6.07, 6.45) is 2.04. The van der Waals surface area contributed by atoms with E-state index in [1.54, 1.807) is 0 Å². The van der Waals surface area contributed by atoms with Gasteiger partial charge in [-0.2, -0.15) is 0 Å². The molecule has 1 aliphatic rings. The lowest BCUT2D eigenvalue weighted by atomic mass is 9.82. The Bertz CT molecular complexity index is 2160. The summed E-state index contributed by atoms with van der Waals surface area (Å²) in [6.45, 7) is 5.02. The second-order valence-corrected chi connectivity index (χ2v) is 10.5. The summed E-state index contributed by atoms with van der Waals surface area (Å²) < 4.78 is 11.2. The van der Waals surface area contributed by atoms with E-state index in [0.717, 1.165) is 51.0 Å². The zero-order valence-electron chi connectivity index (χ0n) is 22.7. The number of para-hydroxylation sites is 3. The quantitative estimate of drug-likeness (QED) is 0.222. The van der Waals surface area contributed by atoms with Crippen LogP contribution in [0.5, 0.6) is 0 Å². The SMILES string of the molecule is CCn1c(C)c(C2(c3c(-c4ccccc4)cc4ccccn34)OC(=O)c3nc4ccccc4nc32)c2ccccc21. The topological polar surface area (TPSA) is 61.4 Å². The number of esters is 1. The normalized spacial score (nSPS) is 16.5. The first-order valence-electron chi connectivity index (χ1n) is 13.9.